The van der Waals surface area contributed by atoms with Gasteiger partial charge in [-0.3, -0.25) is 9.59 Å². The van der Waals surface area contributed by atoms with Crippen molar-refractivity contribution in [1.82, 2.24) is 20.0 Å². The van der Waals surface area contributed by atoms with Gasteiger partial charge in [0, 0.05) is 16.8 Å². The van der Waals surface area contributed by atoms with Crippen LogP contribution in [0.5, 0.6) is 5.75 Å². The molecule has 1 aliphatic carbocycles. The molecule has 0 radical (unpaired) electrons. The maximum atomic E-state index is 12.5. The molecule has 5 rings (SSSR count). The molecule has 1 fully saturated rings. The van der Waals surface area contributed by atoms with E-state index in [9.17, 15) is 9.59 Å². The first-order valence-electron chi connectivity index (χ1n) is 11.5. The molecule has 4 N–H and O–H groups in total. The largest absolute Gasteiger partial charge is 0.490 e. The van der Waals surface area contributed by atoms with Gasteiger partial charge >= 0.3 is 0 Å². The van der Waals surface area contributed by atoms with Gasteiger partial charge in [-0.05, 0) is 81.1 Å². The third-order valence-corrected chi connectivity index (χ3v) is 6.12. The van der Waals surface area contributed by atoms with E-state index < -0.39 is 5.56 Å². The fraction of sp³-hybridized carbons (Fsp3) is 0.231. The first-order valence-corrected chi connectivity index (χ1v) is 11.5. The first-order chi connectivity index (χ1) is 16.9. The van der Waals surface area contributed by atoms with Crippen molar-refractivity contribution < 1.29 is 9.53 Å². The predicted octanol–water partition coefficient (Wildman–Crippen LogP) is 4.19. The van der Waals surface area contributed by atoms with Crippen molar-refractivity contribution in [3.05, 3.63) is 71.0 Å². The molecule has 0 spiro atoms. The smallest absolute Gasteiger partial charge is 0.292 e. The minimum atomic E-state index is -0.430. The molecule has 2 aromatic heterocycles. The summed E-state index contributed by atoms with van der Waals surface area (Å²) >= 11 is 0. The van der Waals surface area contributed by atoms with Crippen molar-refractivity contribution in [2.75, 3.05) is 11.1 Å². The number of aromatic amines is 1. The lowest BCUT2D eigenvalue weighted by molar-refractivity contribution is -0.112. The number of rotatable bonds is 6. The number of fused-ring (bicyclic) bond motifs is 1. The molecule has 0 bridgehead atoms. The molecule has 0 saturated heterocycles. The Bertz CT molecular complexity index is 1460. The highest BCUT2D eigenvalue weighted by Crippen LogP contribution is 2.34. The number of ether oxygens (including phenoxy) is 1. The number of benzene rings is 2. The number of hydrogen-bond donors (Lipinski definition) is 3. The number of carbonyl (C=O) groups excluding carboxylic acids is 1. The Labute approximate surface area is 201 Å². The number of anilines is 2. The summed E-state index contributed by atoms with van der Waals surface area (Å²) in [6.45, 7) is 5.30. The second-order valence-corrected chi connectivity index (χ2v) is 8.75. The van der Waals surface area contributed by atoms with E-state index in [4.69, 9.17) is 10.5 Å². The van der Waals surface area contributed by atoms with E-state index in [-0.39, 0.29) is 23.3 Å². The van der Waals surface area contributed by atoms with E-state index in [1.807, 2.05) is 24.3 Å². The Morgan fingerprint density at radius 1 is 1.14 bits per heavy atom. The number of aromatic nitrogens is 4. The lowest BCUT2D eigenvalue weighted by Crippen LogP contribution is -2.11. The van der Waals surface area contributed by atoms with Gasteiger partial charge in [0.1, 0.15) is 5.75 Å². The fourth-order valence-corrected chi connectivity index (χ4v) is 4.31. The molecule has 2 aromatic carbocycles. The molecule has 9 nitrogen and oxygen atoms in total. The van der Waals surface area contributed by atoms with Gasteiger partial charge in [0.15, 0.2) is 11.3 Å². The third kappa shape index (κ3) is 4.40. The van der Waals surface area contributed by atoms with E-state index in [0.29, 0.717) is 28.0 Å². The fourth-order valence-electron chi connectivity index (χ4n) is 4.31. The van der Waals surface area contributed by atoms with Crippen LogP contribution in [-0.2, 0) is 4.79 Å². The zero-order valence-corrected chi connectivity index (χ0v) is 19.4. The van der Waals surface area contributed by atoms with Gasteiger partial charge in [-0.25, -0.2) is 9.78 Å². The zero-order chi connectivity index (χ0) is 24.5. The number of hydrogen-bond acceptors (Lipinski definition) is 6. The van der Waals surface area contributed by atoms with Gasteiger partial charge < -0.3 is 15.8 Å². The van der Waals surface area contributed by atoms with E-state index >= 15 is 0 Å². The predicted molar refractivity (Wildman–Crippen MR) is 136 cm³/mol. The van der Waals surface area contributed by atoms with Crippen LogP contribution in [-0.4, -0.2) is 32.0 Å². The molecule has 1 amide bonds. The minimum Gasteiger partial charge on any atom is -0.490 e. The van der Waals surface area contributed by atoms with Gasteiger partial charge in [0.25, 0.3) is 11.5 Å². The lowest BCUT2D eigenvalue weighted by atomic mass is 10.1. The van der Waals surface area contributed by atoms with Crippen LogP contribution in [0.1, 0.15) is 32.6 Å². The Balaban J connectivity index is 1.56. The summed E-state index contributed by atoms with van der Waals surface area (Å²) in [4.78, 5) is 24.5. The van der Waals surface area contributed by atoms with E-state index in [1.165, 1.54) is 12.8 Å². The van der Waals surface area contributed by atoms with Crippen LogP contribution in [0.3, 0.4) is 0 Å². The van der Waals surface area contributed by atoms with Crippen LogP contribution in [0, 0.1) is 0 Å². The number of H-pyrrole nitrogens is 1. The molecule has 1 saturated carbocycles. The molecule has 0 atom stereocenters. The summed E-state index contributed by atoms with van der Waals surface area (Å²) < 4.78 is 7.76. The topological polar surface area (TPSA) is 128 Å². The van der Waals surface area contributed by atoms with Crippen LogP contribution >= 0.6 is 0 Å². The quantitative estimate of drug-likeness (QED) is 0.363. The number of amides is 1. The maximum absolute atomic E-state index is 12.5. The van der Waals surface area contributed by atoms with Gasteiger partial charge in [0.05, 0.1) is 22.9 Å². The number of nitrogens with one attached hydrogen (secondary N) is 2. The summed E-state index contributed by atoms with van der Waals surface area (Å²) in [6.07, 6.45) is 4.81. The summed E-state index contributed by atoms with van der Waals surface area (Å²) in [5.74, 6) is 0.726. The Kier molecular flexibility index (Phi) is 5.82. The van der Waals surface area contributed by atoms with E-state index in [0.717, 1.165) is 24.2 Å². The molecule has 1 aliphatic rings. The van der Waals surface area contributed by atoms with E-state index in [1.54, 1.807) is 35.9 Å². The summed E-state index contributed by atoms with van der Waals surface area (Å²) in [5, 5.41) is 14.2. The van der Waals surface area contributed by atoms with Crippen molar-refractivity contribution in [3.63, 3.8) is 0 Å². The van der Waals surface area contributed by atoms with Crippen LogP contribution in [0.2, 0.25) is 0 Å². The number of nitrogens with zero attached hydrogens (tertiary/aromatic N) is 3. The maximum Gasteiger partial charge on any atom is 0.292 e. The molecule has 178 valence electrons. The van der Waals surface area contributed by atoms with Gasteiger partial charge in [-0.1, -0.05) is 6.58 Å². The van der Waals surface area contributed by atoms with Gasteiger partial charge in [-0.15, -0.1) is 0 Å². The van der Waals surface area contributed by atoms with Crippen molar-refractivity contribution >= 4 is 28.3 Å². The SMILES string of the molecule is C=C(C)C(=O)Nc1ccc(-n2nc3c(=O)[nH]nc(N)c3c2-c2ccc(OC3CCCC3)cc2)cc1. The number of nitrogen functional groups attached to an aromatic ring is 1. The highest BCUT2D eigenvalue weighted by Gasteiger charge is 2.21. The molecule has 0 aliphatic heterocycles. The minimum absolute atomic E-state index is 0.178. The van der Waals surface area contributed by atoms with Crippen LogP contribution in [0.25, 0.3) is 27.8 Å². The zero-order valence-electron chi connectivity index (χ0n) is 19.4. The highest BCUT2D eigenvalue weighted by molar-refractivity contribution is 6.03. The molecule has 9 heteroatoms. The number of carbonyl (C=O) groups is 1. The Morgan fingerprint density at radius 3 is 2.49 bits per heavy atom. The average Bonchev–Trinajstić information content (AvgIpc) is 3.51. The first kappa shape index (κ1) is 22.4. The van der Waals surface area contributed by atoms with Crippen molar-refractivity contribution in [1.29, 1.82) is 0 Å². The van der Waals surface area contributed by atoms with E-state index in [2.05, 4.69) is 27.2 Å². The molecular formula is C26H26N6O3. The second-order valence-electron chi connectivity index (χ2n) is 8.75. The van der Waals surface area contributed by atoms with Gasteiger partial charge in [-0.2, -0.15) is 10.2 Å². The number of nitrogens with two attached hydrogens (primary N) is 1. The molecule has 4 aromatic rings. The van der Waals surface area contributed by atoms with Crippen molar-refractivity contribution in [2.45, 2.75) is 38.7 Å². The van der Waals surface area contributed by atoms with Crippen molar-refractivity contribution in [3.8, 4) is 22.7 Å². The summed E-state index contributed by atoms with van der Waals surface area (Å²) in [5.41, 5.74) is 9.12. The normalized spacial score (nSPS) is 13.7. The Hall–Kier alpha value is -4.40. The standard InChI is InChI=1S/C26H26N6O3/c1-15(2)25(33)28-17-9-11-18(12-10-17)32-23(21-22(31-32)26(34)30-29-24(21)27)16-7-13-20(14-8-16)35-19-5-3-4-6-19/h7-14,19H,1,3-6H2,2H3,(H2,27,29)(H,28,33)(H,30,34). The van der Waals surface area contributed by atoms with Crippen LogP contribution < -0.4 is 21.3 Å². The van der Waals surface area contributed by atoms with Gasteiger partial charge in [0.2, 0.25) is 0 Å². The third-order valence-electron chi connectivity index (χ3n) is 6.12. The van der Waals surface area contributed by atoms with Crippen molar-refractivity contribution in [2.24, 2.45) is 0 Å². The lowest BCUT2D eigenvalue weighted by Gasteiger charge is -2.14. The molecule has 35 heavy (non-hydrogen) atoms. The monoisotopic (exact) mass is 470 g/mol. The Morgan fingerprint density at radius 2 is 1.83 bits per heavy atom. The van der Waals surface area contributed by atoms with Crippen LogP contribution in [0.15, 0.2) is 65.5 Å². The van der Waals surface area contributed by atoms with Crippen LogP contribution in [0.4, 0.5) is 11.5 Å². The average molecular weight is 471 g/mol. The summed E-state index contributed by atoms with van der Waals surface area (Å²) in [7, 11) is 0. The molecule has 0 unspecified atom stereocenters. The molecule has 2 heterocycles. The second kappa shape index (κ2) is 9.09. The molecular weight excluding hydrogens is 444 g/mol. The summed E-state index contributed by atoms with van der Waals surface area (Å²) in [6, 6.07) is 14.8. The highest BCUT2D eigenvalue weighted by atomic mass is 16.5.